The van der Waals surface area contributed by atoms with E-state index in [1.54, 1.807) is 0 Å². The average molecular weight is 1110 g/mol. The van der Waals surface area contributed by atoms with Gasteiger partial charge in [0.05, 0.1) is 0 Å². The molecule has 0 radical (unpaired) electrons. The van der Waals surface area contributed by atoms with Crippen LogP contribution in [0.25, 0.3) is 0 Å². The molecule has 0 fully saturated rings. The molecule has 0 aromatic carbocycles. The summed E-state index contributed by atoms with van der Waals surface area (Å²) in [7, 11) is 0. The van der Waals surface area contributed by atoms with Gasteiger partial charge in [0.15, 0.2) is 6.10 Å². The van der Waals surface area contributed by atoms with Crippen molar-refractivity contribution in [1.82, 2.24) is 0 Å². The van der Waals surface area contributed by atoms with Crippen LogP contribution in [0.1, 0.15) is 284 Å². The van der Waals surface area contributed by atoms with E-state index in [4.69, 9.17) is 14.2 Å². The first-order valence-electron chi connectivity index (χ1n) is 32.8. The summed E-state index contributed by atoms with van der Waals surface area (Å²) in [5.74, 6) is -0.932. The number of esters is 3. The van der Waals surface area contributed by atoms with Crippen molar-refractivity contribution in [3.8, 4) is 0 Å². The number of carbonyl (C=O) groups excluding carboxylic acids is 3. The van der Waals surface area contributed by atoms with Crippen LogP contribution in [0.2, 0.25) is 0 Å². The maximum atomic E-state index is 12.9. The van der Waals surface area contributed by atoms with Crippen LogP contribution in [0, 0.1) is 0 Å². The quantitative estimate of drug-likeness (QED) is 0.0261. The summed E-state index contributed by atoms with van der Waals surface area (Å²) in [6, 6.07) is 0. The van der Waals surface area contributed by atoms with Crippen molar-refractivity contribution < 1.29 is 28.6 Å². The molecule has 1 atom stereocenters. The van der Waals surface area contributed by atoms with Gasteiger partial charge in [-0.15, -0.1) is 0 Å². The molecule has 80 heavy (non-hydrogen) atoms. The Balaban J connectivity index is 4.31. The molecule has 0 saturated heterocycles. The van der Waals surface area contributed by atoms with Gasteiger partial charge in [0.1, 0.15) is 13.2 Å². The molecule has 0 aliphatic carbocycles. The zero-order valence-corrected chi connectivity index (χ0v) is 51.8. The van der Waals surface area contributed by atoms with Crippen LogP contribution >= 0.6 is 0 Å². The number of carbonyl (C=O) groups is 3. The van der Waals surface area contributed by atoms with E-state index in [9.17, 15) is 14.4 Å². The minimum Gasteiger partial charge on any atom is -0.462 e. The van der Waals surface area contributed by atoms with E-state index < -0.39 is 6.10 Å². The van der Waals surface area contributed by atoms with E-state index in [0.717, 1.165) is 173 Å². The first-order valence-corrected chi connectivity index (χ1v) is 32.8. The molecule has 452 valence electrons. The van der Waals surface area contributed by atoms with E-state index in [2.05, 4.69) is 167 Å². The summed E-state index contributed by atoms with van der Waals surface area (Å²) in [4.78, 5) is 38.3. The molecule has 0 spiro atoms. The predicted octanol–water partition coefficient (Wildman–Crippen LogP) is 22.7. The molecule has 0 amide bonds. The molecule has 0 aliphatic heterocycles. The summed E-state index contributed by atoms with van der Waals surface area (Å²) in [5, 5.41) is 0. The van der Waals surface area contributed by atoms with Crippen LogP contribution in [-0.4, -0.2) is 37.2 Å². The SMILES string of the molecule is CC/C=C\C/C=C\C/C=C\C/C=C\C/C=C\C/C=C\C/C=C\C/C=C\CCCCCCCCCCC(=O)OCC(COC(=O)CCCCCCC/C=C\C/C=C\CCC)OC(=O)CCCCCCC/C=C\C/C=C\CCCCCC. The van der Waals surface area contributed by atoms with Crippen molar-refractivity contribution in [3.63, 3.8) is 0 Å². The van der Waals surface area contributed by atoms with Gasteiger partial charge in [0.25, 0.3) is 0 Å². The van der Waals surface area contributed by atoms with Gasteiger partial charge in [-0.2, -0.15) is 0 Å². The van der Waals surface area contributed by atoms with E-state index in [1.165, 1.54) is 70.6 Å². The van der Waals surface area contributed by atoms with Crippen LogP contribution in [0.3, 0.4) is 0 Å². The fourth-order valence-electron chi connectivity index (χ4n) is 8.64. The van der Waals surface area contributed by atoms with Gasteiger partial charge >= 0.3 is 17.9 Å². The van der Waals surface area contributed by atoms with E-state index >= 15 is 0 Å². The summed E-state index contributed by atoms with van der Waals surface area (Å²) in [5.41, 5.74) is 0. The van der Waals surface area contributed by atoms with Crippen LogP contribution in [0.15, 0.2) is 146 Å². The number of rotatable bonds is 58. The summed E-state index contributed by atoms with van der Waals surface area (Å²) in [6.45, 7) is 6.42. The smallest absolute Gasteiger partial charge is 0.306 e. The monoisotopic (exact) mass is 1100 g/mol. The molecular weight excluding hydrogens is 985 g/mol. The van der Waals surface area contributed by atoms with E-state index in [0.29, 0.717) is 19.3 Å². The predicted molar refractivity (Wildman–Crippen MR) is 348 cm³/mol. The number of allylic oxidation sites excluding steroid dienone is 24. The normalized spacial score (nSPS) is 13.1. The first kappa shape index (κ1) is 75.3. The van der Waals surface area contributed by atoms with Crippen molar-refractivity contribution in [2.75, 3.05) is 13.2 Å². The second-order valence-corrected chi connectivity index (χ2v) is 21.3. The molecule has 0 rings (SSSR count). The molecule has 0 aromatic rings. The Kier molecular flexibility index (Phi) is 62.9. The number of ether oxygens (including phenoxy) is 3. The Bertz CT molecular complexity index is 1750. The second-order valence-electron chi connectivity index (χ2n) is 21.3. The van der Waals surface area contributed by atoms with Crippen LogP contribution in [0.5, 0.6) is 0 Å². The van der Waals surface area contributed by atoms with Gasteiger partial charge in [0.2, 0.25) is 0 Å². The van der Waals surface area contributed by atoms with Crippen LogP contribution in [0.4, 0.5) is 0 Å². The van der Waals surface area contributed by atoms with Crippen molar-refractivity contribution in [1.29, 1.82) is 0 Å². The molecular formula is C74H120O6. The molecule has 1 unspecified atom stereocenters. The highest BCUT2D eigenvalue weighted by atomic mass is 16.6. The highest BCUT2D eigenvalue weighted by Gasteiger charge is 2.19. The van der Waals surface area contributed by atoms with E-state index in [-0.39, 0.29) is 31.1 Å². The number of unbranched alkanes of at least 4 members (excludes halogenated alkanes) is 23. The third-order valence-electron chi connectivity index (χ3n) is 13.5. The lowest BCUT2D eigenvalue weighted by molar-refractivity contribution is -0.167. The Hall–Kier alpha value is -4.71. The zero-order valence-electron chi connectivity index (χ0n) is 51.8. The maximum Gasteiger partial charge on any atom is 0.306 e. The maximum absolute atomic E-state index is 12.9. The Morgan fingerprint density at radius 3 is 0.812 bits per heavy atom. The molecule has 0 N–H and O–H groups in total. The molecule has 6 nitrogen and oxygen atoms in total. The fraction of sp³-hybridized carbons (Fsp3) is 0.635. The average Bonchev–Trinajstić information content (AvgIpc) is 3.46. The van der Waals surface area contributed by atoms with Gasteiger partial charge in [-0.05, 0) is 141 Å². The highest BCUT2D eigenvalue weighted by molar-refractivity contribution is 5.71. The molecule has 0 aromatic heterocycles. The van der Waals surface area contributed by atoms with E-state index in [1.807, 2.05) is 0 Å². The van der Waals surface area contributed by atoms with Gasteiger partial charge in [-0.1, -0.05) is 269 Å². The van der Waals surface area contributed by atoms with Crippen molar-refractivity contribution in [2.45, 2.75) is 290 Å². The third kappa shape index (κ3) is 64.1. The van der Waals surface area contributed by atoms with Crippen LogP contribution in [-0.2, 0) is 28.6 Å². The van der Waals surface area contributed by atoms with Gasteiger partial charge in [0, 0.05) is 19.3 Å². The van der Waals surface area contributed by atoms with Gasteiger partial charge in [-0.3, -0.25) is 14.4 Å². The van der Waals surface area contributed by atoms with Gasteiger partial charge in [-0.25, -0.2) is 0 Å². The summed E-state index contributed by atoms with van der Waals surface area (Å²) >= 11 is 0. The molecule has 0 saturated carbocycles. The number of hydrogen-bond donors (Lipinski definition) is 0. The lowest BCUT2D eigenvalue weighted by Crippen LogP contribution is -2.30. The molecule has 6 heteroatoms. The number of hydrogen-bond acceptors (Lipinski definition) is 6. The van der Waals surface area contributed by atoms with Crippen LogP contribution < -0.4 is 0 Å². The lowest BCUT2D eigenvalue weighted by Gasteiger charge is -2.18. The zero-order chi connectivity index (χ0) is 57.8. The Morgan fingerprint density at radius 2 is 0.512 bits per heavy atom. The Morgan fingerprint density at radius 1 is 0.263 bits per heavy atom. The fourth-order valence-corrected chi connectivity index (χ4v) is 8.64. The minimum absolute atomic E-state index is 0.0967. The third-order valence-corrected chi connectivity index (χ3v) is 13.5. The topological polar surface area (TPSA) is 78.9 Å². The lowest BCUT2D eigenvalue weighted by atomic mass is 10.1. The summed E-state index contributed by atoms with van der Waals surface area (Å²) in [6.07, 6.45) is 95.7. The molecule has 0 bridgehead atoms. The minimum atomic E-state index is -0.801. The van der Waals surface area contributed by atoms with Gasteiger partial charge < -0.3 is 14.2 Å². The van der Waals surface area contributed by atoms with Crippen molar-refractivity contribution >= 4 is 17.9 Å². The second kappa shape index (κ2) is 66.8. The molecule has 0 heterocycles. The first-order chi connectivity index (χ1) is 39.5. The van der Waals surface area contributed by atoms with Crippen molar-refractivity contribution in [3.05, 3.63) is 146 Å². The highest BCUT2D eigenvalue weighted by Crippen LogP contribution is 2.15. The Labute approximate surface area is 493 Å². The standard InChI is InChI=1S/C74H120O6/c1-4-7-10-13-16-19-22-25-27-29-30-31-32-33-34-35-36-37-38-39-40-41-42-43-44-45-47-49-52-55-58-61-64-67-73(76)79-70-71(69-78-72(75)66-63-60-57-54-51-48-24-21-18-15-12-9-6-3)80-74(77)68-65-62-59-56-53-50-46-28-26-23-20-17-14-11-8-5-2/h7,10,12,15-16,19-21,23-25,27-28,30-31,33-34,36-37,39-40,42-43,46,71H,4-6,8-9,11,13-14,17-18,22,26,29,32,35,38,41,44-45,47-70H2,1-3H3/b10-7-,15-12-,19-16-,23-20-,24-21-,27-25-,31-30-,34-33-,37-36-,40-39-,43-42-,46-28-. The molecule has 0 aliphatic rings. The van der Waals surface area contributed by atoms with Crippen molar-refractivity contribution in [2.24, 2.45) is 0 Å². The summed E-state index contributed by atoms with van der Waals surface area (Å²) < 4.78 is 16.9. The largest absolute Gasteiger partial charge is 0.462 e.